The summed E-state index contributed by atoms with van der Waals surface area (Å²) in [6.07, 6.45) is 0. The molecular formula is C11H13BN2O3S2. The van der Waals surface area contributed by atoms with E-state index in [0.717, 1.165) is 15.1 Å². The summed E-state index contributed by atoms with van der Waals surface area (Å²) in [7, 11) is -1.44. The Balaban J connectivity index is 1.73. The quantitative estimate of drug-likeness (QED) is 0.464. The fraction of sp³-hybridized carbons (Fsp3) is 0.273. The highest BCUT2D eigenvalue weighted by Crippen LogP contribution is 2.21. The molecule has 0 bridgehead atoms. The maximum Gasteiger partial charge on any atom is 0.488 e. The van der Waals surface area contributed by atoms with E-state index in [0.29, 0.717) is 17.8 Å². The van der Waals surface area contributed by atoms with E-state index in [2.05, 4.69) is 10.2 Å². The number of thioether (sulfide) groups is 1. The van der Waals surface area contributed by atoms with Crippen molar-refractivity contribution in [3.05, 3.63) is 29.3 Å². The molecule has 100 valence electrons. The predicted molar refractivity (Wildman–Crippen MR) is 77.1 cm³/mol. The molecule has 0 fully saturated rings. The summed E-state index contributed by atoms with van der Waals surface area (Å²) in [6.45, 7) is 2.49. The standard InChI is InChI=1S/C11H13BN2O3S2/c1-8-13-14-11(19-8)18-7-6-17-10-4-2-9(3-5-10)12(15)16/h2-5,15-16H,6-7H2,1H3. The van der Waals surface area contributed by atoms with Gasteiger partial charge in [-0.25, -0.2) is 0 Å². The number of rotatable bonds is 6. The second-order valence-corrected chi connectivity index (χ2v) is 6.25. The zero-order chi connectivity index (χ0) is 13.7. The van der Waals surface area contributed by atoms with Gasteiger partial charge in [-0.2, -0.15) is 0 Å². The van der Waals surface area contributed by atoms with E-state index in [1.54, 1.807) is 47.4 Å². The Labute approximate surface area is 119 Å². The SMILES string of the molecule is Cc1nnc(SCCOc2ccc(B(O)O)cc2)s1. The van der Waals surface area contributed by atoms with Crippen LogP contribution in [0.5, 0.6) is 5.75 Å². The van der Waals surface area contributed by atoms with Gasteiger partial charge in [0, 0.05) is 5.75 Å². The maximum absolute atomic E-state index is 8.96. The molecule has 0 aliphatic rings. The third kappa shape index (κ3) is 4.50. The molecular weight excluding hydrogens is 283 g/mol. The highest BCUT2D eigenvalue weighted by molar-refractivity contribution is 8.01. The first-order valence-corrected chi connectivity index (χ1v) is 7.47. The van der Waals surface area contributed by atoms with Crippen molar-refractivity contribution in [2.45, 2.75) is 11.3 Å². The molecule has 1 heterocycles. The molecule has 0 radical (unpaired) electrons. The third-order valence-corrected chi connectivity index (χ3v) is 4.20. The Hall–Kier alpha value is -1.09. The van der Waals surface area contributed by atoms with Crippen LogP contribution in [0.25, 0.3) is 0 Å². The van der Waals surface area contributed by atoms with E-state index in [1.165, 1.54) is 0 Å². The van der Waals surface area contributed by atoms with E-state index in [-0.39, 0.29) is 0 Å². The van der Waals surface area contributed by atoms with Crippen LogP contribution in [0.4, 0.5) is 0 Å². The van der Waals surface area contributed by atoms with Gasteiger partial charge in [-0.1, -0.05) is 35.2 Å². The maximum atomic E-state index is 8.96. The summed E-state index contributed by atoms with van der Waals surface area (Å²) in [5.41, 5.74) is 0.450. The molecule has 0 atom stereocenters. The molecule has 2 rings (SSSR count). The third-order valence-electron chi connectivity index (χ3n) is 2.26. The van der Waals surface area contributed by atoms with Crippen molar-refractivity contribution in [1.29, 1.82) is 0 Å². The summed E-state index contributed by atoms with van der Waals surface area (Å²) in [5.74, 6) is 1.50. The predicted octanol–water partition coefficient (Wildman–Crippen LogP) is 0.697. The summed E-state index contributed by atoms with van der Waals surface area (Å²) in [6, 6.07) is 6.69. The Morgan fingerprint density at radius 2 is 2.00 bits per heavy atom. The second kappa shape index (κ2) is 6.90. The lowest BCUT2D eigenvalue weighted by atomic mass is 9.80. The largest absolute Gasteiger partial charge is 0.493 e. The molecule has 1 aromatic carbocycles. The van der Waals surface area contributed by atoms with Gasteiger partial charge in [-0.15, -0.1) is 10.2 Å². The second-order valence-electron chi connectivity index (χ2n) is 3.73. The van der Waals surface area contributed by atoms with Gasteiger partial charge in [0.05, 0.1) is 6.61 Å². The Morgan fingerprint density at radius 3 is 2.58 bits per heavy atom. The van der Waals surface area contributed by atoms with Crippen LogP contribution in [0.3, 0.4) is 0 Å². The smallest absolute Gasteiger partial charge is 0.488 e. The van der Waals surface area contributed by atoms with Gasteiger partial charge >= 0.3 is 7.12 Å². The van der Waals surface area contributed by atoms with Crippen molar-refractivity contribution in [2.75, 3.05) is 12.4 Å². The number of benzene rings is 1. The molecule has 0 spiro atoms. The highest BCUT2D eigenvalue weighted by atomic mass is 32.2. The number of aryl methyl sites for hydroxylation is 1. The Kier molecular flexibility index (Phi) is 5.20. The molecule has 2 N–H and O–H groups in total. The molecule has 1 aromatic heterocycles. The minimum atomic E-state index is -1.44. The van der Waals surface area contributed by atoms with Crippen LogP contribution in [0.1, 0.15) is 5.01 Å². The van der Waals surface area contributed by atoms with Gasteiger partial charge in [0.15, 0.2) is 4.34 Å². The van der Waals surface area contributed by atoms with E-state index < -0.39 is 7.12 Å². The zero-order valence-corrected chi connectivity index (χ0v) is 11.9. The summed E-state index contributed by atoms with van der Waals surface area (Å²) in [4.78, 5) is 0. The molecule has 19 heavy (non-hydrogen) atoms. The average molecular weight is 296 g/mol. The van der Waals surface area contributed by atoms with Gasteiger partial charge < -0.3 is 14.8 Å². The van der Waals surface area contributed by atoms with E-state index >= 15 is 0 Å². The number of aromatic nitrogens is 2. The monoisotopic (exact) mass is 296 g/mol. The van der Waals surface area contributed by atoms with Gasteiger partial charge in [-0.3, -0.25) is 0 Å². The normalized spacial score (nSPS) is 10.5. The molecule has 0 amide bonds. The Morgan fingerprint density at radius 1 is 1.26 bits per heavy atom. The lowest BCUT2D eigenvalue weighted by Gasteiger charge is -2.06. The highest BCUT2D eigenvalue weighted by Gasteiger charge is 2.09. The van der Waals surface area contributed by atoms with Crippen LogP contribution in [-0.4, -0.2) is 39.7 Å². The molecule has 0 saturated heterocycles. The molecule has 0 aliphatic carbocycles. The zero-order valence-electron chi connectivity index (χ0n) is 10.3. The lowest BCUT2D eigenvalue weighted by molar-refractivity contribution is 0.344. The number of hydrogen-bond donors (Lipinski definition) is 2. The van der Waals surface area contributed by atoms with Crippen molar-refractivity contribution < 1.29 is 14.8 Å². The van der Waals surface area contributed by atoms with E-state index in [1.807, 2.05) is 6.92 Å². The van der Waals surface area contributed by atoms with Crippen LogP contribution in [-0.2, 0) is 0 Å². The van der Waals surface area contributed by atoms with Crippen LogP contribution < -0.4 is 10.2 Å². The van der Waals surface area contributed by atoms with Gasteiger partial charge in [-0.05, 0) is 24.5 Å². The first-order valence-electron chi connectivity index (χ1n) is 5.67. The fourth-order valence-corrected chi connectivity index (χ4v) is 3.06. The summed E-state index contributed by atoms with van der Waals surface area (Å²) < 4.78 is 6.49. The summed E-state index contributed by atoms with van der Waals surface area (Å²) >= 11 is 3.18. The van der Waals surface area contributed by atoms with E-state index in [4.69, 9.17) is 14.8 Å². The molecule has 2 aromatic rings. The van der Waals surface area contributed by atoms with Crippen molar-refractivity contribution in [3.63, 3.8) is 0 Å². The summed E-state index contributed by atoms with van der Waals surface area (Å²) in [5, 5.41) is 26.8. The van der Waals surface area contributed by atoms with Crippen molar-refractivity contribution in [1.82, 2.24) is 10.2 Å². The first kappa shape index (κ1) is 14.3. The first-order chi connectivity index (χ1) is 9.15. The number of ether oxygens (including phenoxy) is 1. The van der Waals surface area contributed by atoms with Gasteiger partial charge in [0.1, 0.15) is 10.8 Å². The minimum absolute atomic E-state index is 0.450. The van der Waals surface area contributed by atoms with Gasteiger partial charge in [0.25, 0.3) is 0 Å². The van der Waals surface area contributed by atoms with E-state index in [9.17, 15) is 0 Å². The van der Waals surface area contributed by atoms with Crippen LogP contribution >= 0.6 is 23.1 Å². The number of nitrogens with zero attached hydrogens (tertiary/aromatic N) is 2. The fourth-order valence-electron chi connectivity index (χ4n) is 1.36. The van der Waals surface area contributed by atoms with Crippen LogP contribution in [0.15, 0.2) is 28.6 Å². The minimum Gasteiger partial charge on any atom is -0.493 e. The molecule has 0 aliphatic heterocycles. The lowest BCUT2D eigenvalue weighted by Crippen LogP contribution is -2.29. The van der Waals surface area contributed by atoms with Crippen molar-refractivity contribution in [2.24, 2.45) is 0 Å². The Bertz CT molecular complexity index is 519. The number of hydrogen-bond acceptors (Lipinski definition) is 7. The van der Waals surface area contributed by atoms with Crippen LogP contribution in [0, 0.1) is 6.92 Å². The molecule has 8 heteroatoms. The average Bonchev–Trinajstić information content (AvgIpc) is 2.81. The van der Waals surface area contributed by atoms with Crippen molar-refractivity contribution >= 4 is 35.7 Å². The molecule has 0 saturated carbocycles. The van der Waals surface area contributed by atoms with Gasteiger partial charge in [0.2, 0.25) is 0 Å². The van der Waals surface area contributed by atoms with Crippen LogP contribution in [0.2, 0.25) is 0 Å². The molecule has 5 nitrogen and oxygen atoms in total. The molecule has 0 unspecified atom stereocenters. The van der Waals surface area contributed by atoms with Crippen molar-refractivity contribution in [3.8, 4) is 5.75 Å². The topological polar surface area (TPSA) is 75.5 Å².